The summed E-state index contributed by atoms with van der Waals surface area (Å²) in [4.78, 5) is 25.0. The third-order valence-electron chi connectivity index (χ3n) is 8.21. The molecule has 194 valence electrons. The number of aromatic nitrogens is 4. The van der Waals surface area contributed by atoms with E-state index < -0.39 is 0 Å². The summed E-state index contributed by atoms with van der Waals surface area (Å²) in [5, 5.41) is 15.4. The van der Waals surface area contributed by atoms with Crippen LogP contribution in [0.1, 0.15) is 61.6 Å². The van der Waals surface area contributed by atoms with Gasteiger partial charge in [-0.25, -0.2) is 9.50 Å². The highest BCUT2D eigenvalue weighted by molar-refractivity contribution is 5.92. The van der Waals surface area contributed by atoms with Gasteiger partial charge in [0.2, 0.25) is 5.91 Å². The number of nitrogens with one attached hydrogen (secondary N) is 1. The lowest BCUT2D eigenvalue weighted by molar-refractivity contribution is -0.133. The summed E-state index contributed by atoms with van der Waals surface area (Å²) in [5.41, 5.74) is 8.10. The van der Waals surface area contributed by atoms with Crippen LogP contribution >= 0.6 is 0 Å². The van der Waals surface area contributed by atoms with E-state index in [1.54, 1.807) is 6.33 Å². The fourth-order valence-electron chi connectivity index (χ4n) is 6.25. The average molecular weight is 501 g/mol. The number of benzene rings is 1. The Morgan fingerprint density at radius 2 is 1.97 bits per heavy atom. The largest absolute Gasteiger partial charge is 0.392 e. The number of amides is 1. The van der Waals surface area contributed by atoms with E-state index in [4.69, 9.17) is 0 Å². The van der Waals surface area contributed by atoms with Crippen molar-refractivity contribution in [2.24, 2.45) is 0 Å². The van der Waals surface area contributed by atoms with Crippen molar-refractivity contribution in [1.29, 1.82) is 0 Å². The molecule has 8 nitrogen and oxygen atoms in total. The fraction of sp³-hybridized carbons (Fsp3) is 0.483. The Kier molecular flexibility index (Phi) is 6.24. The lowest BCUT2D eigenvalue weighted by atomic mass is 9.87. The van der Waals surface area contributed by atoms with E-state index in [1.165, 1.54) is 16.5 Å². The highest BCUT2D eigenvalue weighted by Gasteiger charge is 2.28. The Labute approximate surface area is 217 Å². The van der Waals surface area contributed by atoms with Crippen LogP contribution < -0.4 is 0 Å². The van der Waals surface area contributed by atoms with Gasteiger partial charge in [0.1, 0.15) is 6.33 Å². The third kappa shape index (κ3) is 4.53. The number of aryl methyl sites for hydroxylation is 1. The zero-order chi connectivity index (χ0) is 25.7. The second-order valence-electron chi connectivity index (χ2n) is 11.1. The number of fused-ring (bicyclic) bond motifs is 2. The van der Waals surface area contributed by atoms with Gasteiger partial charge in [0.05, 0.1) is 18.3 Å². The van der Waals surface area contributed by atoms with Gasteiger partial charge in [0.15, 0.2) is 5.65 Å². The maximum atomic E-state index is 12.8. The molecule has 1 aromatic carbocycles. The maximum absolute atomic E-state index is 12.8. The van der Waals surface area contributed by atoms with Gasteiger partial charge in [-0.2, -0.15) is 5.10 Å². The molecule has 2 N–H and O–H groups in total. The molecular weight excluding hydrogens is 464 g/mol. The van der Waals surface area contributed by atoms with Crippen molar-refractivity contribution in [3.8, 4) is 11.3 Å². The Balaban J connectivity index is 1.23. The van der Waals surface area contributed by atoms with Crippen molar-refractivity contribution in [2.75, 3.05) is 32.7 Å². The van der Waals surface area contributed by atoms with Gasteiger partial charge in [-0.3, -0.25) is 9.69 Å². The van der Waals surface area contributed by atoms with Gasteiger partial charge < -0.3 is 15.0 Å². The van der Waals surface area contributed by atoms with E-state index in [1.807, 2.05) is 9.42 Å². The topological polar surface area (TPSA) is 89.8 Å². The molecule has 2 aliphatic heterocycles. The zero-order valence-corrected chi connectivity index (χ0v) is 21.9. The number of hydrogen-bond acceptors (Lipinski definition) is 5. The zero-order valence-electron chi connectivity index (χ0n) is 21.9. The molecule has 0 spiro atoms. The number of H-pyrrole nitrogens is 1. The Bertz CT molecular complexity index is 1450. The molecule has 2 saturated heterocycles. The van der Waals surface area contributed by atoms with Gasteiger partial charge >= 0.3 is 0 Å². The van der Waals surface area contributed by atoms with Crippen LogP contribution in [-0.4, -0.2) is 79.2 Å². The van der Waals surface area contributed by atoms with Crippen LogP contribution in [0, 0.1) is 6.92 Å². The smallest absolute Gasteiger partial charge is 0.236 e. The molecule has 8 heteroatoms. The number of likely N-dealkylation sites (tertiary alicyclic amines) is 2. The number of hydrogen-bond donors (Lipinski definition) is 2. The molecule has 5 heterocycles. The number of rotatable bonds is 5. The van der Waals surface area contributed by atoms with Crippen LogP contribution in [0.2, 0.25) is 0 Å². The summed E-state index contributed by atoms with van der Waals surface area (Å²) in [6.07, 6.45) is 6.11. The minimum atomic E-state index is -0.285. The van der Waals surface area contributed by atoms with Crippen molar-refractivity contribution in [3.63, 3.8) is 0 Å². The SMILES string of the molecule is Cc1cc(-c2[nH]c3ccc(C4CCN(C(=O)CN5CC[C@@H](O)C5)CC4)cc3c2C(C)C)cn2ncnc12. The van der Waals surface area contributed by atoms with E-state index >= 15 is 0 Å². The summed E-state index contributed by atoms with van der Waals surface area (Å²) in [5.74, 6) is 1.00. The standard InChI is InChI=1S/C29H36N6O2/c1-18(2)27-24-13-21(20-6-10-34(11-7-20)26(37)16-33-9-8-23(36)15-33)4-5-25(24)32-28(27)22-12-19(3)29-30-17-31-35(29)14-22/h4-5,12-14,17-18,20,23,32,36H,6-11,15-16H2,1-3H3/t23-/m1/s1. The molecular formula is C29H36N6O2. The summed E-state index contributed by atoms with van der Waals surface area (Å²) < 4.78 is 1.85. The number of pyridine rings is 1. The summed E-state index contributed by atoms with van der Waals surface area (Å²) in [6.45, 7) is 10.0. The number of carbonyl (C=O) groups excluding carboxylic acids is 1. The van der Waals surface area contributed by atoms with Crippen molar-refractivity contribution < 1.29 is 9.90 Å². The minimum absolute atomic E-state index is 0.194. The van der Waals surface area contributed by atoms with E-state index in [0.29, 0.717) is 24.9 Å². The molecule has 0 aliphatic carbocycles. The van der Waals surface area contributed by atoms with Crippen LogP contribution in [0.4, 0.5) is 0 Å². The first kappa shape index (κ1) is 24.1. The molecule has 37 heavy (non-hydrogen) atoms. The number of aliphatic hydroxyl groups excluding tert-OH is 1. The van der Waals surface area contributed by atoms with E-state index in [0.717, 1.165) is 66.9 Å². The second-order valence-corrected chi connectivity index (χ2v) is 11.1. The molecule has 0 saturated carbocycles. The number of nitrogens with zero attached hydrogens (tertiary/aromatic N) is 5. The minimum Gasteiger partial charge on any atom is -0.392 e. The van der Waals surface area contributed by atoms with Crippen LogP contribution in [0.15, 0.2) is 36.8 Å². The normalized spacial score (nSPS) is 19.6. The average Bonchev–Trinajstić information content (AvgIpc) is 3.61. The molecule has 1 atom stereocenters. The fourth-order valence-corrected chi connectivity index (χ4v) is 6.25. The summed E-state index contributed by atoms with van der Waals surface area (Å²) >= 11 is 0. The molecule has 0 bridgehead atoms. The molecule has 4 aromatic rings. The van der Waals surface area contributed by atoms with Gasteiger partial charge in [-0.15, -0.1) is 0 Å². The van der Waals surface area contributed by atoms with Crippen molar-refractivity contribution >= 4 is 22.5 Å². The van der Waals surface area contributed by atoms with E-state index in [-0.39, 0.29) is 12.0 Å². The first-order chi connectivity index (χ1) is 17.9. The number of aromatic amines is 1. The van der Waals surface area contributed by atoms with Crippen LogP contribution in [0.3, 0.4) is 0 Å². The summed E-state index contributed by atoms with van der Waals surface area (Å²) in [7, 11) is 0. The highest BCUT2D eigenvalue weighted by atomic mass is 16.3. The number of aliphatic hydroxyl groups is 1. The number of carbonyl (C=O) groups is 1. The Hall–Kier alpha value is -3.23. The highest BCUT2D eigenvalue weighted by Crippen LogP contribution is 2.38. The molecule has 3 aromatic heterocycles. The Morgan fingerprint density at radius 3 is 2.70 bits per heavy atom. The maximum Gasteiger partial charge on any atom is 0.236 e. The van der Waals surface area contributed by atoms with E-state index in [9.17, 15) is 9.90 Å². The molecule has 2 fully saturated rings. The predicted molar refractivity (Wildman–Crippen MR) is 145 cm³/mol. The van der Waals surface area contributed by atoms with E-state index in [2.05, 4.69) is 71.2 Å². The lowest BCUT2D eigenvalue weighted by Crippen LogP contribution is -2.43. The number of piperidine rings is 1. The van der Waals surface area contributed by atoms with Gasteiger partial charge in [0.25, 0.3) is 0 Å². The summed E-state index contributed by atoms with van der Waals surface area (Å²) in [6, 6.07) is 9.04. The predicted octanol–water partition coefficient (Wildman–Crippen LogP) is 4.08. The van der Waals surface area contributed by atoms with Crippen LogP contribution in [0.25, 0.3) is 27.8 Å². The molecule has 2 aliphatic rings. The van der Waals surface area contributed by atoms with Crippen molar-refractivity contribution in [2.45, 2.75) is 58.0 Å². The Morgan fingerprint density at radius 1 is 1.16 bits per heavy atom. The monoisotopic (exact) mass is 500 g/mol. The first-order valence-corrected chi connectivity index (χ1v) is 13.5. The second kappa shape index (κ2) is 9.58. The number of β-amino-alcohol motifs (C(OH)–C–C–N with tert-alkyl or cyclic N) is 1. The molecule has 6 rings (SSSR count). The van der Waals surface area contributed by atoms with Gasteiger partial charge in [-0.1, -0.05) is 19.9 Å². The lowest BCUT2D eigenvalue weighted by Gasteiger charge is -2.33. The van der Waals surface area contributed by atoms with Crippen molar-refractivity contribution in [3.05, 3.63) is 53.5 Å². The van der Waals surface area contributed by atoms with Crippen molar-refractivity contribution in [1.82, 2.24) is 29.4 Å². The molecule has 1 amide bonds. The van der Waals surface area contributed by atoms with Gasteiger partial charge in [0, 0.05) is 48.8 Å². The van der Waals surface area contributed by atoms with Crippen LogP contribution in [-0.2, 0) is 4.79 Å². The third-order valence-corrected chi connectivity index (χ3v) is 8.21. The van der Waals surface area contributed by atoms with Crippen LogP contribution in [0.5, 0.6) is 0 Å². The molecule has 0 unspecified atom stereocenters. The molecule has 0 radical (unpaired) electrons. The van der Waals surface area contributed by atoms with Gasteiger partial charge in [-0.05, 0) is 72.9 Å². The first-order valence-electron chi connectivity index (χ1n) is 13.5. The quantitative estimate of drug-likeness (QED) is 0.431.